The van der Waals surface area contributed by atoms with Gasteiger partial charge in [-0.3, -0.25) is 14.2 Å². The van der Waals surface area contributed by atoms with Gasteiger partial charge < -0.3 is 13.6 Å². The van der Waals surface area contributed by atoms with E-state index in [9.17, 15) is 9.59 Å². The highest BCUT2D eigenvalue weighted by Crippen LogP contribution is 2.40. The van der Waals surface area contributed by atoms with Crippen molar-refractivity contribution in [3.63, 3.8) is 0 Å². The number of furan rings is 2. The highest BCUT2D eigenvalue weighted by Gasteiger charge is 2.33. The summed E-state index contributed by atoms with van der Waals surface area (Å²) in [7, 11) is 0. The lowest BCUT2D eigenvalue weighted by Crippen LogP contribution is -2.32. The van der Waals surface area contributed by atoms with Crippen LogP contribution < -0.4 is 5.56 Å². The Labute approximate surface area is 193 Å². The van der Waals surface area contributed by atoms with Crippen molar-refractivity contribution in [2.45, 2.75) is 39.0 Å². The number of benzene rings is 1. The summed E-state index contributed by atoms with van der Waals surface area (Å²) in [5.74, 6) is 0.412. The normalized spacial score (nSPS) is 15.0. The number of aromatic nitrogens is 3. The summed E-state index contributed by atoms with van der Waals surface area (Å²) in [4.78, 5) is 35.2. The average molecular weight is 455 g/mol. The van der Waals surface area contributed by atoms with E-state index in [-0.39, 0.29) is 17.9 Å². The molecule has 1 aliphatic heterocycles. The number of carbonyl (C=O) groups excluding carboxylic acids is 1. The molecule has 0 unspecified atom stereocenters. The Hall–Kier alpha value is -4.04. The molecule has 0 saturated heterocycles. The quantitative estimate of drug-likeness (QED) is 0.367. The minimum atomic E-state index is -0.424. The number of nitrogens with zero attached hydrogens (tertiary/aromatic N) is 3. The van der Waals surface area contributed by atoms with Crippen molar-refractivity contribution < 1.29 is 18.4 Å². The van der Waals surface area contributed by atoms with E-state index in [0.29, 0.717) is 46.7 Å². The lowest BCUT2D eigenvalue weighted by molar-refractivity contribution is -0.0395. The third-order valence-corrected chi connectivity index (χ3v) is 6.19. The number of hydrogen-bond donors (Lipinski definition) is 0. The molecule has 0 spiro atoms. The second kappa shape index (κ2) is 7.50. The molecule has 8 heteroatoms. The van der Waals surface area contributed by atoms with Crippen molar-refractivity contribution in [3.8, 4) is 11.5 Å². The van der Waals surface area contributed by atoms with Crippen molar-refractivity contribution in [1.82, 2.24) is 14.5 Å². The number of pyridine rings is 1. The first kappa shape index (κ1) is 20.6. The van der Waals surface area contributed by atoms with E-state index in [0.717, 1.165) is 11.1 Å². The Morgan fingerprint density at radius 1 is 1.12 bits per heavy atom. The minimum Gasteiger partial charge on any atom is -0.463 e. The first-order valence-corrected chi connectivity index (χ1v) is 11.0. The Bertz CT molecular complexity index is 1610. The van der Waals surface area contributed by atoms with Crippen molar-refractivity contribution >= 4 is 28.0 Å². The van der Waals surface area contributed by atoms with Crippen LogP contribution in [0.2, 0.25) is 0 Å². The first-order chi connectivity index (χ1) is 16.4. The number of rotatable bonds is 4. The molecule has 170 valence electrons. The fourth-order valence-corrected chi connectivity index (χ4v) is 4.50. The lowest BCUT2D eigenvalue weighted by Gasteiger charge is -2.32. The highest BCUT2D eigenvalue weighted by atomic mass is 16.5. The maximum Gasteiger partial charge on any atom is 0.297 e. The van der Waals surface area contributed by atoms with E-state index in [1.807, 2.05) is 26.0 Å². The van der Waals surface area contributed by atoms with Crippen LogP contribution in [-0.2, 0) is 24.3 Å². The van der Waals surface area contributed by atoms with Gasteiger partial charge in [-0.15, -0.1) is 0 Å². The average Bonchev–Trinajstić information content (AvgIpc) is 3.49. The topological polar surface area (TPSA) is 100 Å². The molecule has 5 aromatic rings. The monoisotopic (exact) mass is 455 g/mol. The molecule has 1 aromatic carbocycles. The summed E-state index contributed by atoms with van der Waals surface area (Å²) >= 11 is 0. The van der Waals surface area contributed by atoms with E-state index in [1.54, 1.807) is 36.6 Å². The van der Waals surface area contributed by atoms with Crippen LogP contribution in [0.4, 0.5) is 0 Å². The molecule has 0 N–H and O–H groups in total. The first-order valence-electron chi connectivity index (χ1n) is 11.0. The molecule has 34 heavy (non-hydrogen) atoms. The molecule has 6 rings (SSSR count). The molecule has 8 nitrogen and oxygen atoms in total. The Morgan fingerprint density at radius 2 is 1.94 bits per heavy atom. The van der Waals surface area contributed by atoms with Crippen molar-refractivity contribution in [3.05, 3.63) is 82.1 Å². The Balaban J connectivity index is 1.54. The van der Waals surface area contributed by atoms with E-state index < -0.39 is 11.2 Å². The zero-order valence-electron chi connectivity index (χ0n) is 18.7. The smallest absolute Gasteiger partial charge is 0.297 e. The molecular formula is C26H21N3O5. The number of ether oxygens (including phenoxy) is 1. The van der Waals surface area contributed by atoms with Gasteiger partial charge in [-0.1, -0.05) is 30.3 Å². The molecule has 0 radical (unpaired) electrons. The molecular weight excluding hydrogens is 434 g/mol. The van der Waals surface area contributed by atoms with Crippen LogP contribution >= 0.6 is 0 Å². The maximum atomic E-state index is 13.3. The van der Waals surface area contributed by atoms with Gasteiger partial charge in [-0.2, -0.15) is 0 Å². The highest BCUT2D eigenvalue weighted by molar-refractivity contribution is 6.04. The second-order valence-electron chi connectivity index (χ2n) is 9.05. The molecule has 0 aliphatic carbocycles. The molecule has 5 heterocycles. The largest absolute Gasteiger partial charge is 0.463 e. The van der Waals surface area contributed by atoms with Gasteiger partial charge in [0.25, 0.3) is 5.56 Å². The second-order valence-corrected chi connectivity index (χ2v) is 9.05. The molecule has 0 atom stereocenters. The van der Waals surface area contributed by atoms with Gasteiger partial charge >= 0.3 is 0 Å². The van der Waals surface area contributed by atoms with Crippen LogP contribution in [0.5, 0.6) is 0 Å². The number of fused-ring (bicyclic) bond motifs is 5. The SMILES string of the molecule is CC1(C)Cc2c(c(-c3ccco3)nc3oc4c(=O)n(CC(=O)c5ccccc5)cnc4c23)CO1. The fraction of sp³-hybridized carbons (Fsp3) is 0.231. The molecule has 0 amide bonds. The van der Waals surface area contributed by atoms with Crippen LogP contribution in [-0.4, -0.2) is 25.9 Å². The number of hydrogen-bond acceptors (Lipinski definition) is 7. The standard InChI is InChI=1S/C26H21N3O5/c1-26(2)11-16-17(13-33-26)21(19-9-6-10-32-19)28-24-20(16)22-23(34-24)25(31)29(14-27-22)12-18(30)15-7-4-3-5-8-15/h3-10,14H,11-13H2,1-2H3. The van der Waals surface area contributed by atoms with Crippen LogP contribution in [0.3, 0.4) is 0 Å². The predicted molar refractivity (Wildman–Crippen MR) is 125 cm³/mol. The van der Waals surface area contributed by atoms with Crippen molar-refractivity contribution in [2.75, 3.05) is 0 Å². The molecule has 0 fully saturated rings. The third-order valence-electron chi connectivity index (χ3n) is 6.19. The van der Waals surface area contributed by atoms with Crippen LogP contribution in [0.1, 0.15) is 35.3 Å². The van der Waals surface area contributed by atoms with Gasteiger partial charge in [0.1, 0.15) is 11.2 Å². The van der Waals surface area contributed by atoms with E-state index in [2.05, 4.69) is 4.98 Å². The number of ketones is 1. The summed E-state index contributed by atoms with van der Waals surface area (Å²) in [5.41, 5.74) is 3.04. The van der Waals surface area contributed by atoms with Gasteiger partial charge in [0.05, 0.1) is 36.7 Å². The Kier molecular flexibility index (Phi) is 4.53. The van der Waals surface area contributed by atoms with Gasteiger partial charge in [-0.25, -0.2) is 9.97 Å². The van der Waals surface area contributed by atoms with E-state index in [4.69, 9.17) is 18.6 Å². The number of carbonyl (C=O) groups is 1. The molecule has 0 bridgehead atoms. The predicted octanol–water partition coefficient (Wildman–Crippen LogP) is 4.53. The van der Waals surface area contributed by atoms with Crippen LogP contribution in [0, 0.1) is 0 Å². The fourth-order valence-electron chi connectivity index (χ4n) is 4.50. The zero-order chi connectivity index (χ0) is 23.4. The van der Waals surface area contributed by atoms with Gasteiger partial charge in [0.2, 0.25) is 11.3 Å². The summed E-state index contributed by atoms with van der Waals surface area (Å²) < 4.78 is 18.9. The third kappa shape index (κ3) is 3.26. The van der Waals surface area contributed by atoms with Crippen LogP contribution in [0.25, 0.3) is 33.7 Å². The summed E-state index contributed by atoms with van der Waals surface area (Å²) in [6.07, 6.45) is 3.59. The maximum absolute atomic E-state index is 13.3. The Morgan fingerprint density at radius 3 is 2.71 bits per heavy atom. The van der Waals surface area contributed by atoms with Crippen molar-refractivity contribution in [2.24, 2.45) is 0 Å². The zero-order valence-corrected chi connectivity index (χ0v) is 18.7. The molecule has 1 aliphatic rings. The summed E-state index contributed by atoms with van der Waals surface area (Å²) in [5, 5.41) is 0.704. The van der Waals surface area contributed by atoms with Gasteiger partial charge in [0.15, 0.2) is 11.5 Å². The minimum absolute atomic E-state index is 0.0777. The molecule has 4 aromatic heterocycles. The number of Topliss-reactive ketones (excluding diaryl/α,β-unsaturated/α-hetero) is 1. The lowest BCUT2D eigenvalue weighted by atomic mass is 9.89. The summed E-state index contributed by atoms with van der Waals surface area (Å²) in [6.45, 7) is 4.27. The molecule has 0 saturated carbocycles. The summed E-state index contributed by atoms with van der Waals surface area (Å²) in [6, 6.07) is 12.5. The van der Waals surface area contributed by atoms with E-state index in [1.165, 1.54) is 10.9 Å². The van der Waals surface area contributed by atoms with Crippen LogP contribution in [0.15, 0.2) is 68.7 Å². The van der Waals surface area contributed by atoms with Crippen molar-refractivity contribution in [1.29, 1.82) is 0 Å². The van der Waals surface area contributed by atoms with Gasteiger partial charge in [0, 0.05) is 17.5 Å². The van der Waals surface area contributed by atoms with E-state index >= 15 is 0 Å². The van der Waals surface area contributed by atoms with Gasteiger partial charge in [-0.05, 0) is 31.5 Å².